The fourth-order valence-electron chi connectivity index (χ4n) is 2.56. The molecule has 1 aromatic carbocycles. The Morgan fingerprint density at radius 2 is 1.25 bits per heavy atom. The van der Waals surface area contributed by atoms with E-state index in [0.717, 1.165) is 0 Å². The topological polar surface area (TPSA) is 9.23 Å². The van der Waals surface area contributed by atoms with Gasteiger partial charge in [0, 0.05) is 0 Å². The normalized spacial score (nSPS) is 13.5. The SMILES string of the molecule is Cc1cc([Si](C)(C)C)cc(O[Si](C)(C)C)c1[Si](C)(C)C. The molecule has 4 heteroatoms. The molecule has 0 heterocycles. The van der Waals surface area contributed by atoms with Gasteiger partial charge in [-0.2, -0.15) is 0 Å². The molecule has 1 nitrogen and oxygen atoms in total. The second-order valence-corrected chi connectivity index (χ2v) is 23.4. The van der Waals surface area contributed by atoms with E-state index in [0.29, 0.717) is 0 Å². The summed E-state index contributed by atoms with van der Waals surface area (Å²) in [5, 5.41) is 3.03. The summed E-state index contributed by atoms with van der Waals surface area (Å²) in [4.78, 5) is 0. The van der Waals surface area contributed by atoms with E-state index in [-0.39, 0.29) is 0 Å². The zero-order valence-corrected chi connectivity index (χ0v) is 18.1. The van der Waals surface area contributed by atoms with Crippen molar-refractivity contribution in [1.29, 1.82) is 0 Å². The van der Waals surface area contributed by atoms with Gasteiger partial charge in [0.1, 0.15) is 5.75 Å². The number of benzene rings is 1. The summed E-state index contributed by atoms with van der Waals surface area (Å²) in [7, 11) is -4.27. The summed E-state index contributed by atoms with van der Waals surface area (Å²) in [5.74, 6) is 1.20. The zero-order chi connectivity index (χ0) is 15.9. The minimum atomic E-state index is -1.58. The van der Waals surface area contributed by atoms with Crippen molar-refractivity contribution in [2.75, 3.05) is 0 Å². The molecule has 0 saturated heterocycles. The van der Waals surface area contributed by atoms with Gasteiger partial charge in [-0.05, 0) is 43.4 Å². The van der Waals surface area contributed by atoms with Crippen LogP contribution in [0.3, 0.4) is 0 Å². The molecular weight excluding hydrogens is 292 g/mol. The fraction of sp³-hybridized carbons (Fsp3) is 0.625. The largest absolute Gasteiger partial charge is 0.544 e. The van der Waals surface area contributed by atoms with Gasteiger partial charge in [0.15, 0.2) is 0 Å². The van der Waals surface area contributed by atoms with Crippen LogP contribution in [0.4, 0.5) is 0 Å². The summed E-state index contributed by atoms with van der Waals surface area (Å²) in [6.45, 7) is 23.6. The highest BCUT2D eigenvalue weighted by Crippen LogP contribution is 2.21. The van der Waals surface area contributed by atoms with Crippen LogP contribution in [0.5, 0.6) is 5.75 Å². The van der Waals surface area contributed by atoms with Crippen molar-refractivity contribution >= 4 is 34.8 Å². The quantitative estimate of drug-likeness (QED) is 0.750. The third kappa shape index (κ3) is 4.60. The van der Waals surface area contributed by atoms with Gasteiger partial charge in [-0.3, -0.25) is 0 Å². The third-order valence-electron chi connectivity index (χ3n) is 3.33. The second-order valence-electron chi connectivity index (χ2n) is 8.88. The van der Waals surface area contributed by atoms with E-state index in [4.69, 9.17) is 4.43 Å². The molecule has 0 atom stereocenters. The molecule has 0 spiro atoms. The maximum absolute atomic E-state index is 6.47. The minimum Gasteiger partial charge on any atom is -0.544 e. The van der Waals surface area contributed by atoms with Crippen molar-refractivity contribution in [1.82, 2.24) is 0 Å². The molecule has 1 aromatic rings. The van der Waals surface area contributed by atoms with E-state index in [1.165, 1.54) is 21.7 Å². The standard InChI is InChI=1S/C16H32OSi3/c1-13-11-14(18(2,3)4)12-15(17-20(8,9)10)16(13)19(5,6)7/h11-12H,1-10H3. The first-order chi connectivity index (χ1) is 8.72. The molecule has 0 radical (unpaired) electrons. The van der Waals surface area contributed by atoms with Gasteiger partial charge in [-0.25, -0.2) is 0 Å². The van der Waals surface area contributed by atoms with Crippen molar-refractivity contribution in [3.63, 3.8) is 0 Å². The van der Waals surface area contributed by atoms with E-state index in [1.807, 2.05) is 0 Å². The van der Waals surface area contributed by atoms with Crippen LogP contribution in [0.2, 0.25) is 58.9 Å². The van der Waals surface area contributed by atoms with Crippen LogP contribution >= 0.6 is 0 Å². The van der Waals surface area contributed by atoms with Gasteiger partial charge in [0.2, 0.25) is 8.32 Å². The van der Waals surface area contributed by atoms with E-state index in [9.17, 15) is 0 Å². The van der Waals surface area contributed by atoms with E-state index >= 15 is 0 Å². The first-order valence-electron chi connectivity index (χ1n) is 7.56. The molecule has 20 heavy (non-hydrogen) atoms. The lowest BCUT2D eigenvalue weighted by atomic mass is 10.2. The van der Waals surface area contributed by atoms with Gasteiger partial charge < -0.3 is 4.43 Å². The first-order valence-corrected chi connectivity index (χ1v) is 18.0. The number of hydrogen-bond donors (Lipinski definition) is 0. The van der Waals surface area contributed by atoms with Crippen LogP contribution in [0.15, 0.2) is 12.1 Å². The Hall–Kier alpha value is -0.329. The van der Waals surface area contributed by atoms with Crippen LogP contribution in [-0.2, 0) is 0 Å². The Labute approximate surface area is 128 Å². The number of hydrogen-bond acceptors (Lipinski definition) is 1. The van der Waals surface area contributed by atoms with Crippen LogP contribution in [0.25, 0.3) is 0 Å². The predicted octanol–water partition coefficient (Wildman–Crippen LogP) is 4.30. The predicted molar refractivity (Wildman–Crippen MR) is 101 cm³/mol. The van der Waals surface area contributed by atoms with Crippen molar-refractivity contribution < 1.29 is 4.43 Å². The summed E-state index contributed by atoms with van der Waals surface area (Å²) < 4.78 is 6.47. The highest BCUT2D eigenvalue weighted by atomic mass is 28.4. The summed E-state index contributed by atoms with van der Waals surface area (Å²) in [5.41, 5.74) is 1.44. The van der Waals surface area contributed by atoms with Crippen LogP contribution in [0.1, 0.15) is 5.56 Å². The lowest BCUT2D eigenvalue weighted by Crippen LogP contribution is -2.46. The average Bonchev–Trinajstić information content (AvgIpc) is 2.09. The van der Waals surface area contributed by atoms with E-state index in [2.05, 4.69) is 78.0 Å². The lowest BCUT2D eigenvalue weighted by Gasteiger charge is -2.30. The minimum absolute atomic E-state index is 1.20. The van der Waals surface area contributed by atoms with Gasteiger partial charge in [-0.15, -0.1) is 0 Å². The third-order valence-corrected chi connectivity index (χ3v) is 8.33. The second kappa shape index (κ2) is 5.46. The van der Waals surface area contributed by atoms with E-state index < -0.39 is 24.5 Å². The maximum atomic E-state index is 6.47. The van der Waals surface area contributed by atoms with Crippen LogP contribution in [-0.4, -0.2) is 24.5 Å². The van der Waals surface area contributed by atoms with Gasteiger partial charge >= 0.3 is 0 Å². The molecule has 0 N–H and O–H groups in total. The van der Waals surface area contributed by atoms with Crippen molar-refractivity contribution in [3.8, 4) is 5.75 Å². The number of aryl methyl sites for hydroxylation is 1. The molecule has 0 aliphatic rings. The molecule has 114 valence electrons. The summed E-state index contributed by atoms with van der Waals surface area (Å²) >= 11 is 0. The van der Waals surface area contributed by atoms with Crippen LogP contribution in [0, 0.1) is 6.92 Å². The Balaban J connectivity index is 3.53. The molecule has 1 rings (SSSR count). The van der Waals surface area contributed by atoms with Crippen LogP contribution < -0.4 is 14.8 Å². The molecule has 0 aliphatic carbocycles. The van der Waals surface area contributed by atoms with Gasteiger partial charge in [0.05, 0.1) is 16.1 Å². The molecular formula is C16H32OSi3. The Kier molecular flexibility index (Phi) is 4.84. The maximum Gasteiger partial charge on any atom is 0.242 e. The van der Waals surface area contributed by atoms with Crippen molar-refractivity contribution in [2.45, 2.75) is 65.8 Å². The fourth-order valence-corrected chi connectivity index (χ4v) is 6.81. The van der Waals surface area contributed by atoms with Gasteiger partial charge in [0.25, 0.3) is 0 Å². The zero-order valence-electron chi connectivity index (χ0n) is 15.1. The first kappa shape index (κ1) is 17.7. The van der Waals surface area contributed by atoms with Gasteiger partial charge in [-0.1, -0.05) is 50.5 Å². The molecule has 0 unspecified atom stereocenters. The monoisotopic (exact) mass is 324 g/mol. The molecule has 0 fully saturated rings. The van der Waals surface area contributed by atoms with Crippen molar-refractivity contribution in [3.05, 3.63) is 17.7 Å². The molecule has 0 amide bonds. The van der Waals surface area contributed by atoms with E-state index in [1.54, 1.807) is 0 Å². The average molecular weight is 325 g/mol. The number of rotatable bonds is 4. The molecule has 0 aliphatic heterocycles. The highest BCUT2D eigenvalue weighted by molar-refractivity contribution is 6.91. The Bertz CT molecular complexity index is 488. The highest BCUT2D eigenvalue weighted by Gasteiger charge is 2.29. The smallest absolute Gasteiger partial charge is 0.242 e. The molecule has 0 saturated carbocycles. The Morgan fingerprint density at radius 3 is 1.60 bits per heavy atom. The summed E-state index contributed by atoms with van der Waals surface area (Å²) in [6.07, 6.45) is 0. The Morgan fingerprint density at radius 1 is 0.750 bits per heavy atom. The lowest BCUT2D eigenvalue weighted by molar-refractivity contribution is 0.562. The van der Waals surface area contributed by atoms with Crippen molar-refractivity contribution in [2.24, 2.45) is 0 Å². The molecule has 0 aromatic heterocycles. The molecule has 0 bridgehead atoms. The summed E-state index contributed by atoms with van der Waals surface area (Å²) in [6, 6.07) is 4.79.